The number of amides is 1. The molecule has 1 rings (SSSR count). The van der Waals surface area contributed by atoms with Gasteiger partial charge in [-0.05, 0) is 25.5 Å². The van der Waals surface area contributed by atoms with Gasteiger partial charge in [0, 0.05) is 12.1 Å². The maximum absolute atomic E-state index is 12.2. The molecule has 1 N–H and O–H groups in total. The van der Waals surface area contributed by atoms with Gasteiger partial charge in [-0.3, -0.25) is 9.59 Å². The van der Waals surface area contributed by atoms with Crippen molar-refractivity contribution in [3.8, 4) is 11.8 Å². The molecule has 1 unspecified atom stereocenters. The van der Waals surface area contributed by atoms with E-state index in [1.54, 1.807) is 30.3 Å². The SMILES string of the molecule is CCCNC(=O)C(C#N)C(=O)c1cccc(OCC)c1. The predicted octanol–water partition coefficient (Wildman–Crippen LogP) is 1.93. The number of carbonyl (C=O) groups is 2. The van der Waals surface area contributed by atoms with Gasteiger partial charge in [0.05, 0.1) is 12.7 Å². The third kappa shape index (κ3) is 4.09. The van der Waals surface area contributed by atoms with Crippen molar-refractivity contribution in [1.82, 2.24) is 5.32 Å². The molecule has 5 heteroatoms. The van der Waals surface area contributed by atoms with Crippen molar-refractivity contribution in [1.29, 1.82) is 5.26 Å². The second-order valence-corrected chi connectivity index (χ2v) is 4.18. The predicted molar refractivity (Wildman–Crippen MR) is 74.3 cm³/mol. The maximum atomic E-state index is 12.2. The van der Waals surface area contributed by atoms with Crippen LogP contribution in [0.25, 0.3) is 0 Å². The Bertz CT molecular complexity index is 520. The highest BCUT2D eigenvalue weighted by molar-refractivity contribution is 6.12. The fourth-order valence-electron chi connectivity index (χ4n) is 1.66. The highest BCUT2D eigenvalue weighted by atomic mass is 16.5. The Morgan fingerprint density at radius 2 is 2.15 bits per heavy atom. The molecule has 106 valence electrons. The molecule has 1 atom stereocenters. The quantitative estimate of drug-likeness (QED) is 0.608. The van der Waals surface area contributed by atoms with E-state index in [-0.39, 0.29) is 0 Å². The number of ketones is 1. The van der Waals surface area contributed by atoms with E-state index in [0.29, 0.717) is 24.5 Å². The van der Waals surface area contributed by atoms with E-state index in [1.807, 2.05) is 13.8 Å². The van der Waals surface area contributed by atoms with Crippen LogP contribution in [0.2, 0.25) is 0 Å². The van der Waals surface area contributed by atoms with Crippen LogP contribution in [0, 0.1) is 17.2 Å². The molecule has 0 aromatic heterocycles. The van der Waals surface area contributed by atoms with Crippen LogP contribution in [0.3, 0.4) is 0 Å². The van der Waals surface area contributed by atoms with Gasteiger partial charge in [0.1, 0.15) is 5.75 Å². The zero-order valence-corrected chi connectivity index (χ0v) is 11.7. The molecule has 0 bridgehead atoms. The van der Waals surface area contributed by atoms with Gasteiger partial charge in [0.25, 0.3) is 0 Å². The minimum Gasteiger partial charge on any atom is -0.494 e. The van der Waals surface area contributed by atoms with Crippen LogP contribution < -0.4 is 10.1 Å². The van der Waals surface area contributed by atoms with Crippen LogP contribution in [0.1, 0.15) is 30.6 Å². The molecular formula is C15H18N2O3. The number of benzene rings is 1. The van der Waals surface area contributed by atoms with Crippen LogP contribution in [-0.4, -0.2) is 24.8 Å². The molecule has 1 aromatic rings. The Morgan fingerprint density at radius 3 is 2.75 bits per heavy atom. The zero-order valence-electron chi connectivity index (χ0n) is 11.7. The van der Waals surface area contributed by atoms with Gasteiger partial charge in [-0.2, -0.15) is 5.26 Å². The second kappa shape index (κ2) is 7.95. The van der Waals surface area contributed by atoms with Gasteiger partial charge in [0.15, 0.2) is 11.7 Å². The number of nitriles is 1. The molecule has 0 saturated heterocycles. The lowest BCUT2D eigenvalue weighted by atomic mass is 9.98. The molecule has 0 aliphatic carbocycles. The van der Waals surface area contributed by atoms with E-state index >= 15 is 0 Å². The number of rotatable bonds is 7. The van der Waals surface area contributed by atoms with Crippen molar-refractivity contribution in [3.05, 3.63) is 29.8 Å². The van der Waals surface area contributed by atoms with Gasteiger partial charge < -0.3 is 10.1 Å². The Morgan fingerprint density at radius 1 is 1.40 bits per heavy atom. The third-order valence-electron chi connectivity index (χ3n) is 2.63. The van der Waals surface area contributed by atoms with Crippen molar-refractivity contribution in [2.75, 3.05) is 13.2 Å². The number of hydrogen-bond donors (Lipinski definition) is 1. The molecule has 0 aliphatic rings. The molecule has 0 fully saturated rings. The first-order chi connectivity index (χ1) is 9.63. The summed E-state index contributed by atoms with van der Waals surface area (Å²) in [5.41, 5.74) is 0.300. The molecule has 0 radical (unpaired) electrons. The van der Waals surface area contributed by atoms with E-state index in [1.165, 1.54) is 0 Å². The van der Waals surface area contributed by atoms with E-state index in [9.17, 15) is 9.59 Å². The lowest BCUT2D eigenvalue weighted by molar-refractivity contribution is -0.122. The molecule has 0 heterocycles. The van der Waals surface area contributed by atoms with Crippen molar-refractivity contribution < 1.29 is 14.3 Å². The van der Waals surface area contributed by atoms with Gasteiger partial charge in [-0.1, -0.05) is 19.1 Å². The average molecular weight is 274 g/mol. The van der Waals surface area contributed by atoms with Crippen molar-refractivity contribution in [3.63, 3.8) is 0 Å². The second-order valence-electron chi connectivity index (χ2n) is 4.18. The first-order valence-corrected chi connectivity index (χ1v) is 6.58. The highest BCUT2D eigenvalue weighted by Gasteiger charge is 2.27. The number of carbonyl (C=O) groups excluding carboxylic acids is 2. The largest absolute Gasteiger partial charge is 0.494 e. The standard InChI is InChI=1S/C15H18N2O3/c1-3-8-17-15(19)13(10-16)14(18)11-6-5-7-12(9-11)20-4-2/h5-7,9,13H,3-4,8H2,1-2H3,(H,17,19). The summed E-state index contributed by atoms with van der Waals surface area (Å²) >= 11 is 0. The fraction of sp³-hybridized carbons (Fsp3) is 0.400. The summed E-state index contributed by atoms with van der Waals surface area (Å²) in [6.45, 7) is 4.67. The van der Waals surface area contributed by atoms with Crippen LogP contribution in [0.15, 0.2) is 24.3 Å². The summed E-state index contributed by atoms with van der Waals surface area (Å²) in [4.78, 5) is 24.0. The molecule has 0 aliphatic heterocycles. The first-order valence-electron chi connectivity index (χ1n) is 6.58. The van der Waals surface area contributed by atoms with E-state index < -0.39 is 17.6 Å². The molecule has 1 aromatic carbocycles. The lowest BCUT2D eigenvalue weighted by Gasteiger charge is -2.10. The Balaban J connectivity index is 2.88. The molecule has 20 heavy (non-hydrogen) atoms. The number of ether oxygens (including phenoxy) is 1. The highest BCUT2D eigenvalue weighted by Crippen LogP contribution is 2.16. The van der Waals surface area contributed by atoms with E-state index in [0.717, 1.165) is 6.42 Å². The normalized spacial score (nSPS) is 11.2. The van der Waals surface area contributed by atoms with Crippen LogP contribution >= 0.6 is 0 Å². The molecule has 1 amide bonds. The van der Waals surface area contributed by atoms with Gasteiger partial charge in [-0.15, -0.1) is 0 Å². The summed E-state index contributed by atoms with van der Waals surface area (Å²) < 4.78 is 5.30. The van der Waals surface area contributed by atoms with E-state index in [4.69, 9.17) is 10.00 Å². The lowest BCUT2D eigenvalue weighted by Crippen LogP contribution is -2.35. The Hall–Kier alpha value is -2.35. The van der Waals surface area contributed by atoms with Gasteiger partial charge in [0.2, 0.25) is 5.91 Å². The topological polar surface area (TPSA) is 79.2 Å². The van der Waals surface area contributed by atoms with Gasteiger partial charge in [-0.25, -0.2) is 0 Å². The number of Topliss-reactive ketones (excluding diaryl/α,β-unsaturated/α-hetero) is 1. The number of nitrogens with zero attached hydrogens (tertiary/aromatic N) is 1. The maximum Gasteiger partial charge on any atom is 0.245 e. The van der Waals surface area contributed by atoms with Crippen molar-refractivity contribution in [2.45, 2.75) is 20.3 Å². The summed E-state index contributed by atoms with van der Waals surface area (Å²) in [6, 6.07) is 8.26. The Labute approximate surface area is 118 Å². The minimum atomic E-state index is -1.32. The molecule has 5 nitrogen and oxygen atoms in total. The molecular weight excluding hydrogens is 256 g/mol. The average Bonchev–Trinajstić information content (AvgIpc) is 2.46. The van der Waals surface area contributed by atoms with Crippen LogP contribution in [-0.2, 0) is 4.79 Å². The molecule has 0 saturated carbocycles. The third-order valence-corrected chi connectivity index (χ3v) is 2.63. The summed E-state index contributed by atoms with van der Waals surface area (Å²) in [7, 11) is 0. The smallest absolute Gasteiger partial charge is 0.245 e. The van der Waals surface area contributed by atoms with Crippen LogP contribution in [0.5, 0.6) is 5.75 Å². The van der Waals surface area contributed by atoms with Crippen LogP contribution in [0.4, 0.5) is 0 Å². The molecule has 0 spiro atoms. The van der Waals surface area contributed by atoms with Crippen molar-refractivity contribution >= 4 is 11.7 Å². The monoisotopic (exact) mass is 274 g/mol. The zero-order chi connectivity index (χ0) is 15.0. The summed E-state index contributed by atoms with van der Waals surface area (Å²) in [6.07, 6.45) is 0.748. The van der Waals surface area contributed by atoms with Gasteiger partial charge >= 0.3 is 0 Å². The fourth-order valence-corrected chi connectivity index (χ4v) is 1.66. The van der Waals surface area contributed by atoms with Crippen molar-refractivity contribution in [2.24, 2.45) is 5.92 Å². The summed E-state index contributed by atoms with van der Waals surface area (Å²) in [5, 5.41) is 11.6. The summed E-state index contributed by atoms with van der Waals surface area (Å²) in [5.74, 6) is -1.84. The minimum absolute atomic E-state index is 0.300. The Kier molecular flexibility index (Phi) is 6.24. The number of nitrogens with one attached hydrogen (secondary N) is 1. The first kappa shape index (κ1) is 15.7. The number of hydrogen-bond acceptors (Lipinski definition) is 4. The van der Waals surface area contributed by atoms with E-state index in [2.05, 4.69) is 5.32 Å².